The summed E-state index contributed by atoms with van der Waals surface area (Å²) in [6, 6.07) is 3.45. The van der Waals surface area contributed by atoms with Crippen LogP contribution >= 0.6 is 11.6 Å². The summed E-state index contributed by atoms with van der Waals surface area (Å²) in [5, 5.41) is 3.83. The fourth-order valence-corrected chi connectivity index (χ4v) is 3.16. The molecule has 1 aromatic rings. The fraction of sp³-hybridized carbons (Fsp3) is 0.647. The highest BCUT2D eigenvalue weighted by molar-refractivity contribution is 6.31. The van der Waals surface area contributed by atoms with Crippen molar-refractivity contribution in [2.75, 3.05) is 7.05 Å². The molecule has 0 aliphatic carbocycles. The summed E-state index contributed by atoms with van der Waals surface area (Å²) in [5.41, 5.74) is 1.96. The molecule has 1 N–H and O–H groups in total. The number of aryl methyl sites for hydroxylation is 1. The van der Waals surface area contributed by atoms with E-state index < -0.39 is 0 Å². The lowest BCUT2D eigenvalue weighted by atomic mass is 9.82. The van der Waals surface area contributed by atoms with Crippen LogP contribution in [0, 0.1) is 24.1 Å². The van der Waals surface area contributed by atoms with Crippen molar-refractivity contribution in [3.8, 4) is 0 Å². The van der Waals surface area contributed by atoms with E-state index in [2.05, 4.69) is 33.0 Å². The van der Waals surface area contributed by atoms with Gasteiger partial charge in [-0.25, -0.2) is 4.39 Å². The molecule has 2 atom stereocenters. The molecule has 0 aliphatic rings. The molecular weight excluding hydrogens is 273 g/mol. The van der Waals surface area contributed by atoms with E-state index >= 15 is 0 Å². The van der Waals surface area contributed by atoms with E-state index in [4.69, 9.17) is 11.6 Å². The molecule has 0 saturated carbocycles. The molecule has 0 saturated heterocycles. The minimum absolute atomic E-state index is 0.166. The van der Waals surface area contributed by atoms with Crippen LogP contribution in [0.2, 0.25) is 5.02 Å². The first kappa shape index (κ1) is 17.5. The van der Waals surface area contributed by atoms with Crippen LogP contribution in [0.1, 0.15) is 57.7 Å². The second-order valence-electron chi connectivity index (χ2n) is 7.07. The third-order valence-electron chi connectivity index (χ3n) is 3.60. The van der Waals surface area contributed by atoms with Crippen molar-refractivity contribution < 1.29 is 4.39 Å². The zero-order chi connectivity index (χ0) is 15.5. The highest BCUT2D eigenvalue weighted by Gasteiger charge is 2.21. The summed E-state index contributed by atoms with van der Waals surface area (Å²) < 4.78 is 13.5. The van der Waals surface area contributed by atoms with Gasteiger partial charge in [0.1, 0.15) is 5.82 Å². The van der Waals surface area contributed by atoms with E-state index in [0.29, 0.717) is 21.9 Å². The first-order chi connectivity index (χ1) is 9.14. The standard InChI is InChI=1S/C17H27ClFN/c1-11(10-17(3,4)5)7-16(20-6)13-8-12(2)15(19)9-14(13)18/h8-9,11,16,20H,7,10H2,1-6H3. The van der Waals surface area contributed by atoms with E-state index in [1.165, 1.54) is 6.07 Å². The summed E-state index contributed by atoms with van der Waals surface area (Å²) in [4.78, 5) is 0. The molecule has 3 heteroatoms. The molecular formula is C17H27ClFN. The second kappa shape index (κ2) is 6.91. The van der Waals surface area contributed by atoms with Gasteiger partial charge < -0.3 is 5.32 Å². The Labute approximate surface area is 127 Å². The predicted octanol–water partition coefficient (Wildman–Crippen LogP) is 5.51. The number of benzene rings is 1. The first-order valence-corrected chi connectivity index (χ1v) is 7.64. The van der Waals surface area contributed by atoms with Gasteiger partial charge in [-0.05, 0) is 55.3 Å². The number of hydrogen-bond donors (Lipinski definition) is 1. The molecule has 0 spiro atoms. The Balaban J connectivity index is 2.89. The van der Waals surface area contributed by atoms with E-state index in [1.54, 1.807) is 6.92 Å². The van der Waals surface area contributed by atoms with Gasteiger partial charge in [0.15, 0.2) is 0 Å². The number of rotatable bonds is 5. The quantitative estimate of drug-likeness (QED) is 0.756. The van der Waals surface area contributed by atoms with E-state index in [1.807, 2.05) is 13.1 Å². The van der Waals surface area contributed by atoms with E-state index in [9.17, 15) is 4.39 Å². The summed E-state index contributed by atoms with van der Waals surface area (Å²) in [7, 11) is 1.93. The molecule has 114 valence electrons. The minimum Gasteiger partial charge on any atom is -0.313 e. The molecule has 0 aliphatic heterocycles. The zero-order valence-corrected chi connectivity index (χ0v) is 14.2. The normalized spacial score (nSPS) is 15.2. The van der Waals surface area contributed by atoms with Gasteiger partial charge in [0.25, 0.3) is 0 Å². The van der Waals surface area contributed by atoms with Gasteiger partial charge in [0.2, 0.25) is 0 Å². The molecule has 0 aromatic heterocycles. The van der Waals surface area contributed by atoms with Gasteiger partial charge in [0.05, 0.1) is 0 Å². The Morgan fingerprint density at radius 3 is 2.40 bits per heavy atom. The number of hydrogen-bond acceptors (Lipinski definition) is 1. The van der Waals surface area contributed by atoms with Gasteiger partial charge in [0, 0.05) is 11.1 Å². The summed E-state index contributed by atoms with van der Waals surface area (Å²) in [6.45, 7) is 10.8. The lowest BCUT2D eigenvalue weighted by Crippen LogP contribution is -2.22. The minimum atomic E-state index is -0.239. The van der Waals surface area contributed by atoms with Crippen molar-refractivity contribution in [2.45, 2.75) is 53.5 Å². The zero-order valence-electron chi connectivity index (χ0n) is 13.5. The first-order valence-electron chi connectivity index (χ1n) is 7.27. The lowest BCUT2D eigenvalue weighted by Gasteiger charge is -2.27. The van der Waals surface area contributed by atoms with E-state index in [-0.39, 0.29) is 11.9 Å². The van der Waals surface area contributed by atoms with Crippen LogP contribution in [-0.4, -0.2) is 7.05 Å². The smallest absolute Gasteiger partial charge is 0.127 e. The Kier molecular flexibility index (Phi) is 6.03. The van der Waals surface area contributed by atoms with Gasteiger partial charge in [-0.2, -0.15) is 0 Å². The molecule has 0 bridgehead atoms. The maximum Gasteiger partial charge on any atom is 0.127 e. The molecule has 1 rings (SSSR count). The van der Waals surface area contributed by atoms with Crippen LogP contribution in [0.15, 0.2) is 12.1 Å². The average molecular weight is 300 g/mol. The van der Waals surface area contributed by atoms with Crippen molar-refractivity contribution in [2.24, 2.45) is 11.3 Å². The highest BCUT2D eigenvalue weighted by Crippen LogP contribution is 2.33. The summed E-state index contributed by atoms with van der Waals surface area (Å²) >= 11 is 6.21. The molecule has 0 amide bonds. The maximum absolute atomic E-state index is 13.5. The van der Waals surface area contributed by atoms with E-state index in [0.717, 1.165) is 18.4 Å². The van der Waals surface area contributed by atoms with Crippen molar-refractivity contribution >= 4 is 11.6 Å². The summed E-state index contributed by atoms with van der Waals surface area (Å²) in [6.07, 6.45) is 2.15. The largest absolute Gasteiger partial charge is 0.313 e. The Bertz CT molecular complexity index is 451. The molecule has 1 aromatic carbocycles. The third-order valence-corrected chi connectivity index (χ3v) is 3.93. The van der Waals surface area contributed by atoms with Gasteiger partial charge in [-0.1, -0.05) is 45.4 Å². The maximum atomic E-state index is 13.5. The van der Waals surface area contributed by atoms with Gasteiger partial charge in [-0.15, -0.1) is 0 Å². The summed E-state index contributed by atoms with van der Waals surface area (Å²) in [5.74, 6) is 0.338. The Morgan fingerprint density at radius 1 is 1.30 bits per heavy atom. The topological polar surface area (TPSA) is 12.0 Å². The Morgan fingerprint density at radius 2 is 1.90 bits per heavy atom. The number of nitrogens with one attached hydrogen (secondary N) is 1. The highest BCUT2D eigenvalue weighted by atomic mass is 35.5. The molecule has 0 heterocycles. The molecule has 2 unspecified atom stereocenters. The van der Waals surface area contributed by atoms with Gasteiger partial charge >= 0.3 is 0 Å². The number of halogens is 2. The SMILES string of the molecule is CNC(CC(C)CC(C)(C)C)c1cc(C)c(F)cc1Cl. The second-order valence-corrected chi connectivity index (χ2v) is 7.48. The fourth-order valence-electron chi connectivity index (χ4n) is 2.88. The van der Waals surface area contributed by atoms with Crippen LogP contribution in [0.5, 0.6) is 0 Å². The van der Waals surface area contributed by atoms with Crippen LogP contribution in [-0.2, 0) is 0 Å². The van der Waals surface area contributed by atoms with Crippen molar-refractivity contribution in [3.63, 3.8) is 0 Å². The molecule has 1 nitrogen and oxygen atoms in total. The monoisotopic (exact) mass is 299 g/mol. The average Bonchev–Trinajstić information content (AvgIpc) is 2.29. The van der Waals surface area contributed by atoms with Crippen LogP contribution in [0.25, 0.3) is 0 Å². The molecule has 20 heavy (non-hydrogen) atoms. The lowest BCUT2D eigenvalue weighted by molar-refractivity contribution is 0.279. The van der Waals surface area contributed by atoms with Crippen LogP contribution in [0.4, 0.5) is 4.39 Å². The predicted molar refractivity (Wildman–Crippen MR) is 85.8 cm³/mol. The van der Waals surface area contributed by atoms with Crippen molar-refractivity contribution in [3.05, 3.63) is 34.1 Å². The third kappa shape index (κ3) is 5.06. The van der Waals surface area contributed by atoms with Gasteiger partial charge in [-0.3, -0.25) is 0 Å². The molecule has 0 fully saturated rings. The van der Waals surface area contributed by atoms with Crippen molar-refractivity contribution in [1.29, 1.82) is 0 Å². The Hall–Kier alpha value is -0.600. The van der Waals surface area contributed by atoms with Crippen molar-refractivity contribution in [1.82, 2.24) is 5.32 Å². The van der Waals surface area contributed by atoms with Crippen LogP contribution < -0.4 is 5.32 Å². The molecule has 0 radical (unpaired) electrons. The van der Waals surface area contributed by atoms with Crippen LogP contribution in [0.3, 0.4) is 0 Å².